The second-order valence-electron chi connectivity index (χ2n) is 6.01. The number of anilines is 1. The number of fused-ring (bicyclic) bond motifs is 1. The van der Waals surface area contributed by atoms with Crippen LogP contribution >= 0.6 is 0 Å². The van der Waals surface area contributed by atoms with Crippen molar-refractivity contribution in [1.82, 2.24) is 5.32 Å². The highest BCUT2D eigenvalue weighted by Crippen LogP contribution is 2.38. The van der Waals surface area contributed by atoms with Gasteiger partial charge in [-0.2, -0.15) is 0 Å². The maximum atomic E-state index is 13.1. The summed E-state index contributed by atoms with van der Waals surface area (Å²) < 4.78 is 40.8. The Hall–Kier alpha value is -4.29. The Labute approximate surface area is 172 Å². The van der Waals surface area contributed by atoms with Gasteiger partial charge in [-0.05, 0) is 12.1 Å². The number of nitrogens with zero attached hydrogens (tertiary/aromatic N) is 1. The molecule has 2 amide bonds. The van der Waals surface area contributed by atoms with Gasteiger partial charge in [-0.1, -0.05) is 0 Å². The minimum atomic E-state index is -1.16. The SMILES string of the molecule is O=C(COC(=O)c1cc2c(cc1[N+](=O)[O-])OCO2)NCC(=O)Nc1ccc(F)c(F)c1. The van der Waals surface area contributed by atoms with Crippen LogP contribution in [0.4, 0.5) is 20.2 Å². The van der Waals surface area contributed by atoms with Crippen LogP contribution in [-0.2, 0) is 14.3 Å². The van der Waals surface area contributed by atoms with Crippen LogP contribution in [0.3, 0.4) is 0 Å². The highest BCUT2D eigenvalue weighted by molar-refractivity contribution is 5.97. The van der Waals surface area contributed by atoms with E-state index in [0.29, 0.717) is 0 Å². The summed E-state index contributed by atoms with van der Waals surface area (Å²) in [6.07, 6.45) is 0. The van der Waals surface area contributed by atoms with Gasteiger partial charge in [0.05, 0.1) is 17.5 Å². The molecular formula is C18H13F2N3O8. The number of amides is 2. The first-order chi connectivity index (χ1) is 14.7. The average molecular weight is 437 g/mol. The Morgan fingerprint density at radius 2 is 1.77 bits per heavy atom. The molecule has 0 saturated heterocycles. The van der Waals surface area contributed by atoms with Gasteiger partial charge >= 0.3 is 5.97 Å². The topological polar surface area (TPSA) is 146 Å². The molecule has 1 aliphatic heterocycles. The molecule has 2 N–H and O–H groups in total. The quantitative estimate of drug-likeness (QED) is 0.377. The minimum absolute atomic E-state index is 0.0281. The fraction of sp³-hybridized carbons (Fsp3) is 0.167. The van der Waals surface area contributed by atoms with Crippen LogP contribution in [0.15, 0.2) is 30.3 Å². The number of esters is 1. The molecule has 0 aromatic heterocycles. The fourth-order valence-corrected chi connectivity index (χ4v) is 2.46. The largest absolute Gasteiger partial charge is 0.454 e. The van der Waals surface area contributed by atoms with E-state index in [1.54, 1.807) is 0 Å². The van der Waals surface area contributed by atoms with Crippen molar-refractivity contribution >= 4 is 29.2 Å². The van der Waals surface area contributed by atoms with Gasteiger partial charge in [0.2, 0.25) is 12.7 Å². The zero-order valence-electron chi connectivity index (χ0n) is 15.5. The predicted octanol–water partition coefficient (Wildman–Crippen LogP) is 1.51. The van der Waals surface area contributed by atoms with Gasteiger partial charge in [-0.3, -0.25) is 19.7 Å². The van der Waals surface area contributed by atoms with Gasteiger partial charge in [0.1, 0.15) is 5.56 Å². The Morgan fingerprint density at radius 3 is 2.45 bits per heavy atom. The third kappa shape index (κ3) is 5.20. The predicted molar refractivity (Wildman–Crippen MR) is 97.5 cm³/mol. The Bertz CT molecular complexity index is 1080. The zero-order chi connectivity index (χ0) is 22.5. The van der Waals surface area contributed by atoms with Gasteiger partial charge in [0, 0.05) is 17.8 Å². The molecule has 162 valence electrons. The summed E-state index contributed by atoms with van der Waals surface area (Å²) in [4.78, 5) is 46.0. The first-order valence-electron chi connectivity index (χ1n) is 8.51. The molecule has 0 aliphatic carbocycles. The summed E-state index contributed by atoms with van der Waals surface area (Å²) in [5.74, 6) is -4.84. The smallest absolute Gasteiger partial charge is 0.345 e. The van der Waals surface area contributed by atoms with E-state index >= 15 is 0 Å². The van der Waals surface area contributed by atoms with Crippen molar-refractivity contribution in [3.8, 4) is 11.5 Å². The molecule has 0 fully saturated rings. The van der Waals surface area contributed by atoms with E-state index in [1.807, 2.05) is 0 Å². The summed E-state index contributed by atoms with van der Waals surface area (Å²) in [5, 5.41) is 15.5. The van der Waals surface area contributed by atoms with Gasteiger partial charge in [0.25, 0.3) is 11.6 Å². The van der Waals surface area contributed by atoms with E-state index in [4.69, 9.17) is 14.2 Å². The lowest BCUT2D eigenvalue weighted by Gasteiger charge is -2.08. The van der Waals surface area contributed by atoms with Gasteiger partial charge in [0.15, 0.2) is 29.7 Å². The van der Waals surface area contributed by atoms with E-state index in [2.05, 4.69) is 10.6 Å². The lowest BCUT2D eigenvalue weighted by atomic mass is 10.1. The van der Waals surface area contributed by atoms with Crippen molar-refractivity contribution in [2.45, 2.75) is 0 Å². The van der Waals surface area contributed by atoms with Gasteiger partial charge in [-0.15, -0.1) is 0 Å². The van der Waals surface area contributed by atoms with E-state index in [1.165, 1.54) is 0 Å². The molecule has 31 heavy (non-hydrogen) atoms. The molecule has 0 atom stereocenters. The summed E-state index contributed by atoms with van der Waals surface area (Å²) in [5.41, 5.74) is -1.07. The number of hydrogen-bond donors (Lipinski definition) is 2. The molecule has 0 bridgehead atoms. The molecule has 1 heterocycles. The number of benzene rings is 2. The molecule has 0 spiro atoms. The molecule has 2 aromatic carbocycles. The van der Waals surface area contributed by atoms with Crippen molar-refractivity contribution < 1.29 is 42.3 Å². The standard InChI is InChI=1S/C18H13F2N3O8/c19-11-2-1-9(3-12(11)20)22-16(24)6-21-17(25)7-29-18(26)10-4-14-15(31-8-30-14)5-13(10)23(27)28/h1-5H,6-8H2,(H,21,25)(H,22,24). The molecule has 3 rings (SSSR count). The number of rotatable bonds is 7. The van der Waals surface area contributed by atoms with E-state index < -0.39 is 58.7 Å². The molecule has 1 aliphatic rings. The first kappa shape index (κ1) is 21.4. The monoisotopic (exact) mass is 437 g/mol. The number of halogens is 2. The van der Waals surface area contributed by atoms with Crippen molar-refractivity contribution in [3.63, 3.8) is 0 Å². The van der Waals surface area contributed by atoms with Crippen molar-refractivity contribution in [1.29, 1.82) is 0 Å². The molecule has 0 radical (unpaired) electrons. The Morgan fingerprint density at radius 1 is 1.06 bits per heavy atom. The number of ether oxygens (including phenoxy) is 3. The molecule has 0 unspecified atom stereocenters. The summed E-state index contributed by atoms with van der Waals surface area (Å²) in [6.45, 7) is -1.55. The van der Waals surface area contributed by atoms with Crippen molar-refractivity contribution in [2.24, 2.45) is 0 Å². The van der Waals surface area contributed by atoms with E-state index in [9.17, 15) is 33.3 Å². The third-order valence-electron chi connectivity index (χ3n) is 3.89. The number of nitro groups is 1. The minimum Gasteiger partial charge on any atom is -0.454 e. The first-order valence-corrected chi connectivity index (χ1v) is 8.51. The summed E-state index contributed by atoms with van der Waals surface area (Å²) >= 11 is 0. The van der Waals surface area contributed by atoms with Crippen LogP contribution in [0, 0.1) is 21.7 Å². The van der Waals surface area contributed by atoms with E-state index in [-0.39, 0.29) is 24.0 Å². The maximum Gasteiger partial charge on any atom is 0.345 e. The normalized spacial score (nSPS) is 11.5. The lowest BCUT2D eigenvalue weighted by molar-refractivity contribution is -0.385. The second-order valence-corrected chi connectivity index (χ2v) is 6.01. The second kappa shape index (κ2) is 9.02. The van der Waals surface area contributed by atoms with Gasteiger partial charge < -0.3 is 24.8 Å². The van der Waals surface area contributed by atoms with E-state index in [0.717, 1.165) is 30.3 Å². The van der Waals surface area contributed by atoms with Crippen LogP contribution in [0.2, 0.25) is 0 Å². The van der Waals surface area contributed by atoms with Crippen LogP contribution in [-0.4, -0.2) is 42.7 Å². The lowest BCUT2D eigenvalue weighted by Crippen LogP contribution is -2.35. The summed E-state index contributed by atoms with van der Waals surface area (Å²) in [7, 11) is 0. The highest BCUT2D eigenvalue weighted by Gasteiger charge is 2.28. The summed E-state index contributed by atoms with van der Waals surface area (Å²) in [6, 6.07) is 4.77. The third-order valence-corrected chi connectivity index (χ3v) is 3.89. The molecule has 2 aromatic rings. The molecular weight excluding hydrogens is 424 g/mol. The Balaban J connectivity index is 1.51. The van der Waals surface area contributed by atoms with Crippen LogP contribution in [0.1, 0.15) is 10.4 Å². The van der Waals surface area contributed by atoms with Crippen molar-refractivity contribution in [2.75, 3.05) is 25.3 Å². The number of hydrogen-bond acceptors (Lipinski definition) is 8. The molecule has 13 heteroatoms. The molecule has 0 saturated carbocycles. The number of carbonyl (C=O) groups is 3. The molecule has 11 nitrogen and oxygen atoms in total. The Kier molecular flexibility index (Phi) is 6.23. The van der Waals surface area contributed by atoms with Crippen LogP contribution in [0.25, 0.3) is 0 Å². The highest BCUT2D eigenvalue weighted by atomic mass is 19.2. The van der Waals surface area contributed by atoms with Crippen LogP contribution in [0.5, 0.6) is 11.5 Å². The number of nitro benzene ring substituents is 1. The number of nitrogens with one attached hydrogen (secondary N) is 2. The zero-order valence-corrected chi connectivity index (χ0v) is 15.5. The van der Waals surface area contributed by atoms with Crippen LogP contribution < -0.4 is 20.1 Å². The number of carbonyl (C=O) groups excluding carboxylic acids is 3. The fourth-order valence-electron chi connectivity index (χ4n) is 2.46. The van der Waals surface area contributed by atoms with Gasteiger partial charge in [-0.25, -0.2) is 13.6 Å². The maximum absolute atomic E-state index is 13.1. The van der Waals surface area contributed by atoms with Crippen molar-refractivity contribution in [3.05, 3.63) is 57.6 Å². The average Bonchev–Trinajstić information content (AvgIpc) is 3.19.